The van der Waals surface area contributed by atoms with Gasteiger partial charge in [-0.2, -0.15) is 4.39 Å². The lowest BCUT2D eigenvalue weighted by molar-refractivity contribution is 0.102. The van der Waals surface area contributed by atoms with E-state index in [1.54, 1.807) is 18.2 Å². The SMILES string of the molecule is COc1ccc(OC(C)C)c(NC(=O)c2ccnc(F)c2)c1. The van der Waals surface area contributed by atoms with Gasteiger partial charge in [-0.1, -0.05) is 0 Å². The summed E-state index contributed by atoms with van der Waals surface area (Å²) >= 11 is 0. The van der Waals surface area contributed by atoms with Crippen molar-refractivity contribution >= 4 is 11.6 Å². The molecule has 0 unspecified atom stereocenters. The monoisotopic (exact) mass is 304 g/mol. The van der Waals surface area contributed by atoms with Gasteiger partial charge in [0.25, 0.3) is 5.91 Å². The van der Waals surface area contributed by atoms with E-state index in [0.717, 1.165) is 6.07 Å². The van der Waals surface area contributed by atoms with E-state index >= 15 is 0 Å². The Labute approximate surface area is 128 Å². The van der Waals surface area contributed by atoms with Crippen LogP contribution in [0.5, 0.6) is 11.5 Å². The number of anilines is 1. The number of carbonyl (C=O) groups is 1. The number of pyridine rings is 1. The van der Waals surface area contributed by atoms with E-state index < -0.39 is 11.9 Å². The second-order valence-corrected chi connectivity index (χ2v) is 4.85. The average molecular weight is 304 g/mol. The van der Waals surface area contributed by atoms with Gasteiger partial charge in [-0.05, 0) is 32.0 Å². The van der Waals surface area contributed by atoms with Gasteiger partial charge in [-0.25, -0.2) is 4.98 Å². The molecule has 0 aliphatic carbocycles. The first-order valence-electron chi connectivity index (χ1n) is 6.77. The molecule has 0 aliphatic heterocycles. The van der Waals surface area contributed by atoms with Crippen molar-refractivity contribution in [3.63, 3.8) is 0 Å². The quantitative estimate of drug-likeness (QED) is 0.861. The number of hydrogen-bond acceptors (Lipinski definition) is 4. The van der Waals surface area contributed by atoms with Crippen molar-refractivity contribution in [1.29, 1.82) is 0 Å². The van der Waals surface area contributed by atoms with E-state index in [1.165, 1.54) is 19.4 Å². The summed E-state index contributed by atoms with van der Waals surface area (Å²) in [7, 11) is 1.53. The lowest BCUT2D eigenvalue weighted by Crippen LogP contribution is -2.15. The summed E-state index contributed by atoms with van der Waals surface area (Å²) < 4.78 is 23.9. The molecule has 0 aliphatic rings. The molecule has 2 aromatic rings. The lowest BCUT2D eigenvalue weighted by Gasteiger charge is -2.16. The average Bonchev–Trinajstić information content (AvgIpc) is 2.48. The molecule has 0 fully saturated rings. The zero-order valence-electron chi connectivity index (χ0n) is 12.6. The topological polar surface area (TPSA) is 60.5 Å². The molecule has 0 spiro atoms. The van der Waals surface area contributed by atoms with Crippen LogP contribution < -0.4 is 14.8 Å². The molecule has 5 nitrogen and oxygen atoms in total. The van der Waals surface area contributed by atoms with Crippen LogP contribution in [0.1, 0.15) is 24.2 Å². The molecule has 1 N–H and O–H groups in total. The number of hydrogen-bond donors (Lipinski definition) is 1. The largest absolute Gasteiger partial charge is 0.497 e. The van der Waals surface area contributed by atoms with Crippen LogP contribution in [0.3, 0.4) is 0 Å². The minimum atomic E-state index is -0.711. The highest BCUT2D eigenvalue weighted by molar-refractivity contribution is 6.05. The molecule has 1 amide bonds. The molecule has 0 atom stereocenters. The standard InChI is InChI=1S/C16H17FN2O3/c1-10(2)22-14-5-4-12(21-3)9-13(14)19-16(20)11-6-7-18-15(17)8-11/h4-10H,1-3H3,(H,19,20). The first kappa shape index (κ1) is 15.8. The maximum Gasteiger partial charge on any atom is 0.255 e. The molecule has 0 radical (unpaired) electrons. The predicted octanol–water partition coefficient (Wildman–Crippen LogP) is 3.27. The second kappa shape index (κ2) is 6.89. The number of amides is 1. The maximum absolute atomic E-state index is 13.1. The first-order valence-corrected chi connectivity index (χ1v) is 6.77. The van der Waals surface area contributed by atoms with Gasteiger partial charge in [0.2, 0.25) is 5.95 Å². The molecule has 116 valence electrons. The molecule has 0 bridgehead atoms. The van der Waals surface area contributed by atoms with E-state index in [9.17, 15) is 9.18 Å². The number of ether oxygens (including phenoxy) is 2. The summed E-state index contributed by atoms with van der Waals surface area (Å²) in [5.41, 5.74) is 0.626. The fraction of sp³-hybridized carbons (Fsp3) is 0.250. The molecule has 1 heterocycles. The third-order valence-electron chi connectivity index (χ3n) is 2.79. The zero-order valence-corrected chi connectivity index (χ0v) is 12.6. The molecule has 1 aromatic carbocycles. The van der Waals surface area contributed by atoms with Crippen molar-refractivity contribution in [2.24, 2.45) is 0 Å². The Hall–Kier alpha value is -2.63. The molecule has 22 heavy (non-hydrogen) atoms. The van der Waals surface area contributed by atoms with Crippen LogP contribution in [0.2, 0.25) is 0 Å². The summed E-state index contributed by atoms with van der Waals surface area (Å²) in [5.74, 6) is -0.0777. The van der Waals surface area contributed by atoms with Crippen LogP contribution in [0.15, 0.2) is 36.5 Å². The molecular formula is C16H17FN2O3. The van der Waals surface area contributed by atoms with Crippen LogP contribution in [0.25, 0.3) is 0 Å². The summed E-state index contributed by atoms with van der Waals surface area (Å²) in [4.78, 5) is 15.6. The van der Waals surface area contributed by atoms with Crippen molar-refractivity contribution in [3.8, 4) is 11.5 Å². The number of rotatable bonds is 5. The van der Waals surface area contributed by atoms with E-state index in [4.69, 9.17) is 9.47 Å². The highest BCUT2D eigenvalue weighted by Crippen LogP contribution is 2.30. The van der Waals surface area contributed by atoms with Gasteiger partial charge >= 0.3 is 0 Å². The van der Waals surface area contributed by atoms with Crippen LogP contribution in [0, 0.1) is 5.95 Å². The molecule has 1 aromatic heterocycles. The third kappa shape index (κ3) is 3.94. The molecular weight excluding hydrogens is 287 g/mol. The van der Waals surface area contributed by atoms with Crippen molar-refractivity contribution < 1.29 is 18.7 Å². The van der Waals surface area contributed by atoms with Crippen molar-refractivity contribution in [1.82, 2.24) is 4.98 Å². The summed E-state index contributed by atoms with van der Waals surface area (Å²) in [5, 5.41) is 2.70. The van der Waals surface area contributed by atoms with E-state index in [1.807, 2.05) is 13.8 Å². The van der Waals surface area contributed by atoms with Crippen molar-refractivity contribution in [3.05, 3.63) is 48.0 Å². The van der Waals surface area contributed by atoms with E-state index in [-0.39, 0.29) is 11.7 Å². The Morgan fingerprint density at radius 3 is 2.68 bits per heavy atom. The minimum absolute atomic E-state index is 0.0533. The van der Waals surface area contributed by atoms with Gasteiger partial charge in [-0.3, -0.25) is 4.79 Å². The molecule has 0 saturated carbocycles. The van der Waals surface area contributed by atoms with Crippen LogP contribution in [0.4, 0.5) is 10.1 Å². The van der Waals surface area contributed by atoms with Gasteiger partial charge in [0.15, 0.2) is 0 Å². The van der Waals surface area contributed by atoms with Gasteiger partial charge in [0.05, 0.1) is 18.9 Å². The summed E-state index contributed by atoms with van der Waals surface area (Å²) in [6, 6.07) is 7.59. The Morgan fingerprint density at radius 2 is 2.05 bits per heavy atom. The summed E-state index contributed by atoms with van der Waals surface area (Å²) in [6.07, 6.45) is 1.18. The van der Waals surface area contributed by atoms with Crippen molar-refractivity contribution in [2.45, 2.75) is 20.0 Å². The predicted molar refractivity (Wildman–Crippen MR) is 80.9 cm³/mol. The zero-order chi connectivity index (χ0) is 16.1. The number of carbonyl (C=O) groups excluding carboxylic acids is 1. The maximum atomic E-state index is 13.1. The fourth-order valence-corrected chi connectivity index (χ4v) is 1.83. The minimum Gasteiger partial charge on any atom is -0.497 e. The number of nitrogens with zero attached hydrogens (tertiary/aromatic N) is 1. The normalized spacial score (nSPS) is 10.4. The highest BCUT2D eigenvalue weighted by atomic mass is 19.1. The third-order valence-corrected chi connectivity index (χ3v) is 2.79. The summed E-state index contributed by atoms with van der Waals surface area (Å²) in [6.45, 7) is 3.77. The van der Waals surface area contributed by atoms with E-state index in [2.05, 4.69) is 10.3 Å². The van der Waals surface area contributed by atoms with Gasteiger partial charge in [0.1, 0.15) is 11.5 Å². The van der Waals surface area contributed by atoms with Crippen molar-refractivity contribution in [2.75, 3.05) is 12.4 Å². The molecule has 0 saturated heterocycles. The number of nitrogens with one attached hydrogen (secondary N) is 1. The smallest absolute Gasteiger partial charge is 0.255 e. The number of benzene rings is 1. The van der Waals surface area contributed by atoms with Gasteiger partial charge in [-0.15, -0.1) is 0 Å². The Balaban J connectivity index is 2.28. The number of aromatic nitrogens is 1. The second-order valence-electron chi connectivity index (χ2n) is 4.85. The molecule has 6 heteroatoms. The highest BCUT2D eigenvalue weighted by Gasteiger charge is 2.13. The first-order chi connectivity index (χ1) is 10.5. The van der Waals surface area contributed by atoms with Gasteiger partial charge in [0, 0.05) is 23.9 Å². The number of methoxy groups -OCH3 is 1. The Bertz CT molecular complexity index is 674. The number of halogens is 1. The van der Waals surface area contributed by atoms with Crippen LogP contribution in [-0.2, 0) is 0 Å². The Morgan fingerprint density at radius 1 is 1.27 bits per heavy atom. The van der Waals surface area contributed by atoms with E-state index in [0.29, 0.717) is 17.2 Å². The van der Waals surface area contributed by atoms with Crippen LogP contribution in [-0.4, -0.2) is 24.1 Å². The Kier molecular flexibility index (Phi) is 4.93. The molecule has 2 rings (SSSR count). The fourth-order valence-electron chi connectivity index (χ4n) is 1.83. The van der Waals surface area contributed by atoms with Crippen LogP contribution >= 0.6 is 0 Å². The van der Waals surface area contributed by atoms with Gasteiger partial charge < -0.3 is 14.8 Å². The lowest BCUT2D eigenvalue weighted by atomic mass is 10.2.